The molecule has 0 unspecified atom stereocenters. The standard InChI is InChI=1S/C23H19BrCl2F4N4O/c1-2-16-19(21(35)32-33-11-22(27,28)10-23(29,30)12-33)31-34(18-8-7-15(25)9-17(18)26)20(16)13-3-5-14(24)6-4-13/h3-9H,2,10-12H2,1H3,(H,32,35). The van der Waals surface area contributed by atoms with Crippen LogP contribution in [-0.2, 0) is 6.42 Å². The molecule has 0 radical (unpaired) electrons. The van der Waals surface area contributed by atoms with E-state index in [0.717, 1.165) is 4.47 Å². The molecule has 2 heterocycles. The summed E-state index contributed by atoms with van der Waals surface area (Å²) in [5, 5.41) is 5.65. The van der Waals surface area contributed by atoms with E-state index in [9.17, 15) is 22.4 Å². The van der Waals surface area contributed by atoms with E-state index in [1.54, 1.807) is 19.1 Å². The third-order valence-electron chi connectivity index (χ3n) is 5.43. The third kappa shape index (κ3) is 5.66. The van der Waals surface area contributed by atoms with Crippen molar-refractivity contribution in [1.82, 2.24) is 20.2 Å². The van der Waals surface area contributed by atoms with Crippen molar-refractivity contribution in [1.29, 1.82) is 0 Å². The number of carbonyl (C=O) groups is 1. The van der Waals surface area contributed by atoms with Crippen molar-refractivity contribution in [3.05, 3.63) is 68.2 Å². The van der Waals surface area contributed by atoms with Gasteiger partial charge in [-0.2, -0.15) is 5.10 Å². The van der Waals surface area contributed by atoms with Gasteiger partial charge < -0.3 is 0 Å². The second-order valence-corrected chi connectivity index (χ2v) is 9.99. The number of carbonyl (C=O) groups excluding carboxylic acids is 1. The molecule has 1 aromatic heterocycles. The van der Waals surface area contributed by atoms with Gasteiger partial charge in [-0.3, -0.25) is 10.2 Å². The number of amides is 1. The largest absolute Gasteiger partial charge is 0.286 e. The number of hydrogen-bond donors (Lipinski definition) is 1. The van der Waals surface area contributed by atoms with E-state index >= 15 is 0 Å². The molecule has 2 aromatic carbocycles. The van der Waals surface area contributed by atoms with E-state index in [4.69, 9.17) is 23.2 Å². The Morgan fingerprint density at radius 2 is 1.71 bits per heavy atom. The summed E-state index contributed by atoms with van der Waals surface area (Å²) in [6.45, 7) is -0.259. The molecule has 35 heavy (non-hydrogen) atoms. The van der Waals surface area contributed by atoms with Crippen LogP contribution in [0.4, 0.5) is 17.6 Å². The van der Waals surface area contributed by atoms with Crippen molar-refractivity contribution >= 4 is 45.0 Å². The number of halogens is 7. The summed E-state index contributed by atoms with van der Waals surface area (Å²) in [6, 6.07) is 12.0. The number of aromatic nitrogens is 2. The fourth-order valence-electron chi connectivity index (χ4n) is 4.08. The highest BCUT2D eigenvalue weighted by molar-refractivity contribution is 9.10. The van der Waals surface area contributed by atoms with Crippen LogP contribution in [0.25, 0.3) is 16.9 Å². The third-order valence-corrected chi connectivity index (χ3v) is 6.50. The molecule has 3 aromatic rings. The maximum atomic E-state index is 13.8. The highest BCUT2D eigenvalue weighted by atomic mass is 79.9. The number of rotatable bonds is 5. The van der Waals surface area contributed by atoms with Gasteiger partial charge in [0, 0.05) is 20.6 Å². The average Bonchev–Trinajstić information content (AvgIpc) is 3.11. The van der Waals surface area contributed by atoms with Crippen LogP contribution in [0.3, 0.4) is 0 Å². The van der Waals surface area contributed by atoms with Crippen LogP contribution in [-0.4, -0.2) is 45.6 Å². The monoisotopic (exact) mass is 592 g/mol. The van der Waals surface area contributed by atoms with Crippen LogP contribution >= 0.6 is 39.1 Å². The van der Waals surface area contributed by atoms with Crippen molar-refractivity contribution in [2.75, 3.05) is 13.1 Å². The Bertz CT molecular complexity index is 1250. The normalized spacial score (nSPS) is 17.4. The zero-order valence-electron chi connectivity index (χ0n) is 18.3. The van der Waals surface area contributed by atoms with Gasteiger partial charge in [-0.05, 0) is 36.8 Å². The number of hydrazine groups is 1. The molecule has 0 spiro atoms. The smallest absolute Gasteiger partial charge is 0.283 e. The zero-order valence-corrected chi connectivity index (χ0v) is 21.4. The predicted octanol–water partition coefficient (Wildman–Crippen LogP) is 6.79. The molecule has 0 atom stereocenters. The number of piperidine rings is 1. The van der Waals surface area contributed by atoms with E-state index in [1.165, 1.54) is 10.7 Å². The van der Waals surface area contributed by atoms with Crippen molar-refractivity contribution in [3.8, 4) is 16.9 Å². The molecule has 186 valence electrons. The van der Waals surface area contributed by atoms with Crippen LogP contribution in [0, 0.1) is 0 Å². The van der Waals surface area contributed by atoms with Crippen molar-refractivity contribution in [2.24, 2.45) is 0 Å². The molecule has 0 bridgehead atoms. The Labute approximate surface area is 217 Å². The highest BCUT2D eigenvalue weighted by Crippen LogP contribution is 2.37. The number of alkyl halides is 4. The van der Waals surface area contributed by atoms with Gasteiger partial charge in [-0.15, -0.1) is 0 Å². The van der Waals surface area contributed by atoms with E-state index in [0.29, 0.717) is 39.0 Å². The second kappa shape index (κ2) is 9.72. The van der Waals surface area contributed by atoms with Crippen molar-refractivity contribution in [2.45, 2.75) is 31.6 Å². The molecule has 12 heteroatoms. The van der Waals surface area contributed by atoms with E-state index in [2.05, 4.69) is 26.5 Å². The van der Waals surface area contributed by atoms with Crippen molar-refractivity contribution < 1.29 is 22.4 Å². The summed E-state index contributed by atoms with van der Waals surface area (Å²) >= 11 is 15.8. The maximum Gasteiger partial charge on any atom is 0.286 e. The first-order valence-electron chi connectivity index (χ1n) is 10.5. The van der Waals surface area contributed by atoms with E-state index < -0.39 is 37.3 Å². The minimum atomic E-state index is -3.65. The minimum Gasteiger partial charge on any atom is -0.283 e. The second-order valence-electron chi connectivity index (χ2n) is 8.23. The Morgan fingerprint density at radius 1 is 1.09 bits per heavy atom. The van der Waals surface area contributed by atoms with Crippen LogP contribution in [0.15, 0.2) is 46.9 Å². The molecule has 1 aliphatic rings. The zero-order chi connectivity index (χ0) is 25.5. The van der Waals surface area contributed by atoms with E-state index in [-0.39, 0.29) is 10.7 Å². The minimum absolute atomic E-state index is 0.0892. The van der Waals surface area contributed by atoms with Gasteiger partial charge in [0.1, 0.15) is 0 Å². The van der Waals surface area contributed by atoms with Gasteiger partial charge in [-0.1, -0.05) is 58.2 Å². The van der Waals surface area contributed by atoms with E-state index in [1.807, 2.05) is 24.3 Å². The molecule has 1 saturated heterocycles. The maximum absolute atomic E-state index is 13.8. The Kier molecular flexibility index (Phi) is 7.21. The molecule has 0 aliphatic carbocycles. The lowest BCUT2D eigenvalue weighted by Gasteiger charge is -2.36. The summed E-state index contributed by atoms with van der Waals surface area (Å²) < 4.78 is 57.7. The lowest BCUT2D eigenvalue weighted by molar-refractivity contribution is -0.178. The number of nitrogens with one attached hydrogen (secondary N) is 1. The highest BCUT2D eigenvalue weighted by Gasteiger charge is 2.50. The number of hydrogen-bond acceptors (Lipinski definition) is 3. The van der Waals surface area contributed by atoms with Gasteiger partial charge in [0.05, 0.1) is 35.9 Å². The predicted molar refractivity (Wildman–Crippen MR) is 130 cm³/mol. The van der Waals surface area contributed by atoms with Crippen molar-refractivity contribution in [3.63, 3.8) is 0 Å². The lowest BCUT2D eigenvalue weighted by Crippen LogP contribution is -2.58. The SMILES string of the molecule is CCc1c(C(=O)NN2CC(F)(F)CC(F)(F)C2)nn(-c2ccc(Cl)cc2Cl)c1-c1ccc(Br)cc1. The Hall–Kier alpha value is -2.14. The van der Waals surface area contributed by atoms with Gasteiger partial charge >= 0.3 is 0 Å². The van der Waals surface area contributed by atoms with Crippen LogP contribution < -0.4 is 5.43 Å². The number of benzene rings is 2. The summed E-state index contributed by atoms with van der Waals surface area (Å²) in [4.78, 5) is 13.2. The first kappa shape index (κ1) is 25.9. The molecule has 1 N–H and O–H groups in total. The van der Waals surface area contributed by atoms with Gasteiger partial charge in [0.25, 0.3) is 17.8 Å². The molecular weight excluding hydrogens is 575 g/mol. The quantitative estimate of drug-likeness (QED) is 0.331. The Balaban J connectivity index is 1.80. The average molecular weight is 594 g/mol. The first-order valence-corrected chi connectivity index (χ1v) is 12.1. The molecular formula is C23H19BrCl2F4N4O. The van der Waals surface area contributed by atoms with Crippen LogP contribution in [0.1, 0.15) is 29.4 Å². The summed E-state index contributed by atoms with van der Waals surface area (Å²) in [5.41, 5.74) is 4.28. The Morgan fingerprint density at radius 3 is 2.29 bits per heavy atom. The molecule has 5 nitrogen and oxygen atoms in total. The summed E-state index contributed by atoms with van der Waals surface area (Å²) in [7, 11) is 0. The lowest BCUT2D eigenvalue weighted by atomic mass is 10.0. The fraction of sp³-hybridized carbons (Fsp3) is 0.304. The first-order chi connectivity index (χ1) is 16.4. The van der Waals surface area contributed by atoms with Crippen LogP contribution in [0.2, 0.25) is 10.0 Å². The molecule has 4 rings (SSSR count). The molecule has 1 aliphatic heterocycles. The van der Waals surface area contributed by atoms with Crippen LogP contribution in [0.5, 0.6) is 0 Å². The number of nitrogens with zero attached hydrogens (tertiary/aromatic N) is 3. The molecule has 1 fully saturated rings. The molecule has 1 amide bonds. The fourth-order valence-corrected chi connectivity index (χ4v) is 4.83. The topological polar surface area (TPSA) is 50.2 Å². The summed E-state index contributed by atoms with van der Waals surface area (Å²) in [5.74, 6) is -8.18. The van der Waals surface area contributed by atoms with Gasteiger partial charge in [0.2, 0.25) is 0 Å². The molecule has 0 saturated carbocycles. The summed E-state index contributed by atoms with van der Waals surface area (Å²) in [6.07, 6.45) is -1.23. The van der Waals surface area contributed by atoms with Gasteiger partial charge in [-0.25, -0.2) is 27.3 Å². The van der Waals surface area contributed by atoms with Gasteiger partial charge in [0.15, 0.2) is 5.69 Å².